The number of benzene rings is 1. The lowest BCUT2D eigenvalue weighted by Gasteiger charge is -2.30. The van der Waals surface area contributed by atoms with E-state index in [1.54, 1.807) is 13.4 Å². The van der Waals surface area contributed by atoms with Crippen LogP contribution in [0.1, 0.15) is 30.6 Å². The standard InChI is InChI=1S/C20H27N3O2/c1-24-18-9-7-17(8-10-18)16-22-20(23-13-3-2-4-14-23)21-12-11-19-6-5-15-25-19/h5-10,15H,2-4,11-14,16H2,1H3,(H,21,22). The van der Waals surface area contributed by atoms with Crippen molar-refractivity contribution in [3.63, 3.8) is 0 Å². The van der Waals surface area contributed by atoms with Gasteiger partial charge in [0.25, 0.3) is 0 Å². The zero-order valence-corrected chi connectivity index (χ0v) is 14.9. The van der Waals surface area contributed by atoms with Gasteiger partial charge in [0.2, 0.25) is 0 Å². The van der Waals surface area contributed by atoms with E-state index < -0.39 is 0 Å². The van der Waals surface area contributed by atoms with E-state index in [-0.39, 0.29) is 0 Å². The van der Waals surface area contributed by atoms with Crippen LogP contribution >= 0.6 is 0 Å². The SMILES string of the molecule is COc1ccc(CN=C(NCCc2ccco2)N2CCCCC2)cc1. The molecule has 0 unspecified atom stereocenters. The highest BCUT2D eigenvalue weighted by molar-refractivity contribution is 5.80. The summed E-state index contributed by atoms with van der Waals surface area (Å²) < 4.78 is 10.6. The van der Waals surface area contributed by atoms with Crippen LogP contribution in [-0.2, 0) is 13.0 Å². The average Bonchev–Trinajstić information content (AvgIpc) is 3.19. The number of rotatable bonds is 6. The number of hydrogen-bond acceptors (Lipinski definition) is 3. The lowest BCUT2D eigenvalue weighted by Crippen LogP contribution is -2.44. The molecule has 0 saturated carbocycles. The lowest BCUT2D eigenvalue weighted by atomic mass is 10.1. The van der Waals surface area contributed by atoms with Gasteiger partial charge in [0, 0.05) is 26.1 Å². The smallest absolute Gasteiger partial charge is 0.194 e. The summed E-state index contributed by atoms with van der Waals surface area (Å²) in [6.07, 6.45) is 6.37. The Hall–Kier alpha value is -2.43. The van der Waals surface area contributed by atoms with Gasteiger partial charge in [-0.25, -0.2) is 4.99 Å². The topological polar surface area (TPSA) is 50.0 Å². The second kappa shape index (κ2) is 9.16. The molecule has 1 fully saturated rings. The van der Waals surface area contributed by atoms with Gasteiger partial charge in [0.05, 0.1) is 19.9 Å². The molecule has 0 bridgehead atoms. The van der Waals surface area contributed by atoms with Crippen molar-refractivity contribution in [1.29, 1.82) is 0 Å². The zero-order valence-electron chi connectivity index (χ0n) is 14.9. The summed E-state index contributed by atoms with van der Waals surface area (Å²) in [5.41, 5.74) is 1.18. The monoisotopic (exact) mass is 341 g/mol. The number of methoxy groups -OCH3 is 1. The number of likely N-dealkylation sites (tertiary alicyclic amines) is 1. The highest BCUT2D eigenvalue weighted by Gasteiger charge is 2.14. The van der Waals surface area contributed by atoms with E-state index in [0.717, 1.165) is 43.5 Å². The Kier molecular flexibility index (Phi) is 6.37. The van der Waals surface area contributed by atoms with Crippen LogP contribution < -0.4 is 10.1 Å². The van der Waals surface area contributed by atoms with Crippen LogP contribution in [0.25, 0.3) is 0 Å². The molecule has 0 amide bonds. The Labute approximate surface area is 149 Å². The fourth-order valence-corrected chi connectivity index (χ4v) is 3.02. The van der Waals surface area contributed by atoms with E-state index in [1.807, 2.05) is 24.3 Å². The van der Waals surface area contributed by atoms with Gasteiger partial charge >= 0.3 is 0 Å². The van der Waals surface area contributed by atoms with Crippen molar-refractivity contribution in [3.8, 4) is 5.75 Å². The molecule has 0 radical (unpaired) electrons. The first-order chi connectivity index (χ1) is 12.3. The van der Waals surface area contributed by atoms with E-state index in [2.05, 4.69) is 22.3 Å². The molecule has 1 aromatic carbocycles. The van der Waals surface area contributed by atoms with Crippen LogP contribution in [-0.4, -0.2) is 37.6 Å². The van der Waals surface area contributed by atoms with Crippen LogP contribution in [0.5, 0.6) is 5.75 Å². The van der Waals surface area contributed by atoms with Crippen molar-refractivity contribution in [1.82, 2.24) is 10.2 Å². The number of nitrogens with one attached hydrogen (secondary N) is 1. The molecule has 2 heterocycles. The molecule has 1 aromatic heterocycles. The number of guanidine groups is 1. The van der Waals surface area contributed by atoms with Crippen molar-refractivity contribution < 1.29 is 9.15 Å². The summed E-state index contributed by atoms with van der Waals surface area (Å²) in [6.45, 7) is 3.65. The third-order valence-electron chi connectivity index (χ3n) is 4.46. The van der Waals surface area contributed by atoms with Gasteiger partial charge in [-0.1, -0.05) is 12.1 Å². The van der Waals surface area contributed by atoms with E-state index in [0.29, 0.717) is 6.54 Å². The fourth-order valence-electron chi connectivity index (χ4n) is 3.02. The minimum Gasteiger partial charge on any atom is -0.497 e. The summed E-state index contributed by atoms with van der Waals surface area (Å²) >= 11 is 0. The Morgan fingerprint density at radius 3 is 2.64 bits per heavy atom. The van der Waals surface area contributed by atoms with E-state index in [1.165, 1.54) is 24.8 Å². The molecular formula is C20H27N3O2. The molecule has 5 heteroatoms. The van der Waals surface area contributed by atoms with Gasteiger partial charge in [-0.05, 0) is 49.1 Å². The lowest BCUT2D eigenvalue weighted by molar-refractivity contribution is 0.330. The van der Waals surface area contributed by atoms with Crippen LogP contribution in [0.2, 0.25) is 0 Å². The Balaban J connectivity index is 1.61. The number of ether oxygens (including phenoxy) is 1. The molecule has 25 heavy (non-hydrogen) atoms. The fraction of sp³-hybridized carbons (Fsp3) is 0.450. The second-order valence-electron chi connectivity index (χ2n) is 6.29. The van der Waals surface area contributed by atoms with Gasteiger partial charge in [-0.2, -0.15) is 0 Å². The molecule has 134 valence electrons. The van der Waals surface area contributed by atoms with Crippen molar-refractivity contribution in [2.24, 2.45) is 4.99 Å². The normalized spacial score (nSPS) is 15.2. The Morgan fingerprint density at radius 1 is 1.16 bits per heavy atom. The molecular weight excluding hydrogens is 314 g/mol. The molecule has 5 nitrogen and oxygen atoms in total. The number of piperidine rings is 1. The van der Waals surface area contributed by atoms with Crippen LogP contribution in [0.3, 0.4) is 0 Å². The quantitative estimate of drug-likeness (QED) is 0.646. The van der Waals surface area contributed by atoms with Crippen molar-refractivity contribution in [2.75, 3.05) is 26.7 Å². The van der Waals surface area contributed by atoms with Crippen molar-refractivity contribution in [2.45, 2.75) is 32.2 Å². The van der Waals surface area contributed by atoms with E-state index in [4.69, 9.17) is 14.1 Å². The molecule has 1 aliphatic rings. The average molecular weight is 341 g/mol. The predicted octanol–water partition coefficient (Wildman–Crippen LogP) is 3.46. The molecule has 0 spiro atoms. The number of hydrogen-bond donors (Lipinski definition) is 1. The molecule has 1 aliphatic heterocycles. The number of nitrogens with zero attached hydrogens (tertiary/aromatic N) is 2. The minimum absolute atomic E-state index is 0.670. The van der Waals surface area contributed by atoms with Crippen molar-refractivity contribution in [3.05, 3.63) is 54.0 Å². The van der Waals surface area contributed by atoms with Gasteiger partial charge in [-0.3, -0.25) is 0 Å². The van der Waals surface area contributed by atoms with Gasteiger partial charge in [0.15, 0.2) is 5.96 Å². The minimum atomic E-state index is 0.670. The molecule has 3 rings (SSSR count). The first-order valence-corrected chi connectivity index (χ1v) is 9.04. The highest BCUT2D eigenvalue weighted by atomic mass is 16.5. The Bertz CT molecular complexity index is 644. The maximum Gasteiger partial charge on any atom is 0.194 e. The molecule has 0 aliphatic carbocycles. The predicted molar refractivity (Wildman–Crippen MR) is 100.0 cm³/mol. The van der Waals surface area contributed by atoms with E-state index in [9.17, 15) is 0 Å². The van der Waals surface area contributed by atoms with Gasteiger partial charge in [-0.15, -0.1) is 0 Å². The summed E-state index contributed by atoms with van der Waals surface area (Å²) in [7, 11) is 1.69. The molecule has 2 aromatic rings. The van der Waals surface area contributed by atoms with Crippen LogP contribution in [0.15, 0.2) is 52.1 Å². The third kappa shape index (κ3) is 5.28. The molecule has 1 N–H and O–H groups in total. The highest BCUT2D eigenvalue weighted by Crippen LogP contribution is 2.13. The van der Waals surface area contributed by atoms with Crippen LogP contribution in [0, 0.1) is 0 Å². The number of aliphatic imine (C=N–C) groups is 1. The number of furan rings is 1. The summed E-state index contributed by atoms with van der Waals surface area (Å²) in [5, 5.41) is 3.51. The largest absolute Gasteiger partial charge is 0.497 e. The first-order valence-electron chi connectivity index (χ1n) is 9.04. The maximum atomic E-state index is 5.41. The third-order valence-corrected chi connectivity index (χ3v) is 4.46. The maximum absolute atomic E-state index is 5.41. The molecule has 0 atom stereocenters. The first kappa shape index (κ1) is 17.4. The molecule has 1 saturated heterocycles. The van der Waals surface area contributed by atoms with Gasteiger partial charge < -0.3 is 19.4 Å². The van der Waals surface area contributed by atoms with Gasteiger partial charge in [0.1, 0.15) is 11.5 Å². The summed E-state index contributed by atoms with van der Waals surface area (Å²) in [6, 6.07) is 12.0. The van der Waals surface area contributed by atoms with E-state index >= 15 is 0 Å². The summed E-state index contributed by atoms with van der Waals surface area (Å²) in [5.74, 6) is 2.88. The summed E-state index contributed by atoms with van der Waals surface area (Å²) in [4.78, 5) is 7.22. The zero-order chi connectivity index (χ0) is 17.3. The Morgan fingerprint density at radius 2 is 1.96 bits per heavy atom. The van der Waals surface area contributed by atoms with Crippen molar-refractivity contribution >= 4 is 5.96 Å². The second-order valence-corrected chi connectivity index (χ2v) is 6.29. The van der Waals surface area contributed by atoms with Crippen LogP contribution in [0.4, 0.5) is 0 Å².